The van der Waals surface area contributed by atoms with E-state index in [4.69, 9.17) is 9.99 Å². The van der Waals surface area contributed by atoms with Crippen LogP contribution in [0.4, 0.5) is 8.78 Å². The van der Waals surface area contributed by atoms with Gasteiger partial charge in [0.2, 0.25) is 0 Å². The van der Waals surface area contributed by atoms with Crippen LogP contribution in [-0.4, -0.2) is 28.4 Å². The standard InChI is InChI=1S/C12H16F2O6S/c1-10(2)6-4-5-11(10,3)8(15)7(6)18-9(16)12(13,14)21-20-19-17/h6-7,17H,4-5H2,1-3H3. The Bertz CT molecular complexity index is 469. The molecule has 1 N–H and O–H groups in total. The summed E-state index contributed by atoms with van der Waals surface area (Å²) in [5, 5.41) is 6.78. The molecule has 2 aliphatic carbocycles. The van der Waals surface area contributed by atoms with Crippen LogP contribution in [-0.2, 0) is 23.7 Å². The van der Waals surface area contributed by atoms with E-state index in [1.54, 1.807) is 6.92 Å². The summed E-state index contributed by atoms with van der Waals surface area (Å²) in [6.45, 7) is 5.54. The summed E-state index contributed by atoms with van der Waals surface area (Å²) in [4.78, 5) is 23.9. The topological polar surface area (TPSA) is 82.1 Å². The van der Waals surface area contributed by atoms with Gasteiger partial charge in [-0.15, -0.1) is 4.33 Å². The zero-order valence-electron chi connectivity index (χ0n) is 11.7. The molecule has 6 nitrogen and oxygen atoms in total. The molecule has 0 aliphatic heterocycles. The van der Waals surface area contributed by atoms with Crippen molar-refractivity contribution in [1.82, 2.24) is 0 Å². The highest BCUT2D eigenvalue weighted by Gasteiger charge is 2.68. The molecule has 120 valence electrons. The average molecular weight is 326 g/mol. The Morgan fingerprint density at radius 2 is 2.05 bits per heavy atom. The van der Waals surface area contributed by atoms with Gasteiger partial charge in [-0.1, -0.05) is 25.8 Å². The van der Waals surface area contributed by atoms with Crippen LogP contribution in [0.2, 0.25) is 0 Å². The lowest BCUT2D eigenvalue weighted by atomic mass is 9.70. The maximum Gasteiger partial charge on any atom is 0.415 e. The van der Waals surface area contributed by atoms with Gasteiger partial charge in [0.25, 0.3) is 0 Å². The van der Waals surface area contributed by atoms with Gasteiger partial charge >= 0.3 is 11.2 Å². The van der Waals surface area contributed by atoms with E-state index in [9.17, 15) is 18.4 Å². The van der Waals surface area contributed by atoms with E-state index in [1.807, 2.05) is 13.8 Å². The van der Waals surface area contributed by atoms with E-state index < -0.39 is 40.2 Å². The van der Waals surface area contributed by atoms with E-state index in [0.717, 1.165) is 0 Å². The Kier molecular flexibility index (Phi) is 4.07. The summed E-state index contributed by atoms with van der Waals surface area (Å²) in [7, 11) is 0. The third-order valence-electron chi connectivity index (χ3n) is 5.11. The zero-order valence-corrected chi connectivity index (χ0v) is 12.5. The molecular formula is C12H16F2O6S. The minimum atomic E-state index is -4.09. The Morgan fingerprint density at radius 3 is 2.52 bits per heavy atom. The molecule has 2 fully saturated rings. The van der Waals surface area contributed by atoms with Crippen LogP contribution in [0.5, 0.6) is 0 Å². The Balaban J connectivity index is 2.11. The fourth-order valence-electron chi connectivity index (χ4n) is 3.42. The number of ether oxygens (including phenoxy) is 1. The number of rotatable bonds is 5. The maximum absolute atomic E-state index is 13.4. The molecule has 2 bridgehead atoms. The third kappa shape index (κ3) is 2.36. The van der Waals surface area contributed by atoms with Crippen LogP contribution >= 0.6 is 12.0 Å². The van der Waals surface area contributed by atoms with Crippen molar-refractivity contribution in [3.05, 3.63) is 0 Å². The molecule has 0 aromatic rings. The number of esters is 1. The fraction of sp³-hybridized carbons (Fsp3) is 0.833. The molecule has 3 unspecified atom stereocenters. The first-order valence-corrected chi connectivity index (χ1v) is 7.11. The van der Waals surface area contributed by atoms with Crippen LogP contribution < -0.4 is 0 Å². The number of ketones is 1. The second kappa shape index (κ2) is 5.15. The summed E-state index contributed by atoms with van der Waals surface area (Å²) in [6, 6.07) is 0. The number of Topliss-reactive ketones (excluding diaryl/α,β-unsaturated/α-hetero) is 1. The summed E-state index contributed by atoms with van der Waals surface area (Å²) in [5.74, 6) is -2.50. The highest BCUT2D eigenvalue weighted by molar-refractivity contribution is 7.96. The van der Waals surface area contributed by atoms with Crippen LogP contribution in [0.15, 0.2) is 0 Å². The quantitative estimate of drug-likeness (QED) is 0.360. The lowest BCUT2D eigenvalue weighted by molar-refractivity contribution is -0.433. The second-order valence-electron chi connectivity index (χ2n) is 6.13. The van der Waals surface area contributed by atoms with Crippen molar-refractivity contribution in [2.45, 2.75) is 45.0 Å². The van der Waals surface area contributed by atoms with Gasteiger partial charge in [0, 0.05) is 11.3 Å². The monoisotopic (exact) mass is 326 g/mol. The number of halogens is 2. The molecule has 2 saturated carbocycles. The zero-order chi connectivity index (χ0) is 16.1. The highest BCUT2D eigenvalue weighted by atomic mass is 32.2. The molecular weight excluding hydrogens is 310 g/mol. The Labute approximate surface area is 124 Å². The van der Waals surface area contributed by atoms with Gasteiger partial charge in [-0.25, -0.2) is 10.1 Å². The van der Waals surface area contributed by atoms with Gasteiger partial charge in [-0.3, -0.25) is 4.79 Å². The van der Waals surface area contributed by atoms with Gasteiger partial charge in [0.05, 0.1) is 0 Å². The molecule has 0 radical (unpaired) electrons. The fourth-order valence-corrected chi connectivity index (χ4v) is 3.65. The summed E-state index contributed by atoms with van der Waals surface area (Å²) in [6.07, 6.45) is 0.125. The maximum atomic E-state index is 13.4. The smallest absolute Gasteiger partial charge is 0.415 e. The number of hydrogen-bond donors (Lipinski definition) is 1. The number of carbonyl (C=O) groups excluding carboxylic acids is 2. The molecule has 0 aromatic heterocycles. The first-order chi connectivity index (χ1) is 9.58. The summed E-state index contributed by atoms with van der Waals surface area (Å²) < 4.78 is 35.1. The van der Waals surface area contributed by atoms with Gasteiger partial charge in [-0.05, 0) is 18.3 Å². The van der Waals surface area contributed by atoms with Crippen molar-refractivity contribution in [2.75, 3.05) is 0 Å². The van der Waals surface area contributed by atoms with Crippen molar-refractivity contribution >= 4 is 23.8 Å². The minimum Gasteiger partial charge on any atom is -0.449 e. The van der Waals surface area contributed by atoms with Gasteiger partial charge in [0.15, 0.2) is 11.9 Å². The summed E-state index contributed by atoms with van der Waals surface area (Å²) >= 11 is -0.701. The summed E-state index contributed by atoms with van der Waals surface area (Å²) in [5.41, 5.74) is -1.09. The van der Waals surface area contributed by atoms with Crippen LogP contribution in [0.1, 0.15) is 33.6 Å². The lowest BCUT2D eigenvalue weighted by Crippen LogP contribution is -2.40. The van der Waals surface area contributed by atoms with E-state index in [2.05, 4.69) is 9.37 Å². The van der Waals surface area contributed by atoms with E-state index in [-0.39, 0.29) is 11.7 Å². The molecule has 0 saturated heterocycles. The minimum absolute atomic E-state index is 0.283. The molecule has 9 heteroatoms. The first kappa shape index (κ1) is 16.6. The molecule has 3 atom stereocenters. The second-order valence-corrected chi connectivity index (χ2v) is 6.95. The lowest BCUT2D eigenvalue weighted by Gasteiger charge is -2.31. The Hall–Kier alpha value is -0.770. The molecule has 0 amide bonds. The Morgan fingerprint density at radius 1 is 1.43 bits per heavy atom. The number of hydrogen-bond acceptors (Lipinski definition) is 7. The molecule has 2 rings (SSSR count). The van der Waals surface area contributed by atoms with Gasteiger partial charge < -0.3 is 4.74 Å². The van der Waals surface area contributed by atoms with Crippen molar-refractivity contribution in [3.8, 4) is 0 Å². The van der Waals surface area contributed by atoms with Gasteiger partial charge in [-0.2, -0.15) is 8.78 Å². The molecule has 0 aromatic carbocycles. The number of carbonyl (C=O) groups is 2. The average Bonchev–Trinajstić information content (AvgIpc) is 2.70. The van der Waals surface area contributed by atoms with Crippen molar-refractivity contribution < 1.29 is 37.7 Å². The van der Waals surface area contributed by atoms with Crippen molar-refractivity contribution in [2.24, 2.45) is 16.7 Å². The van der Waals surface area contributed by atoms with Gasteiger partial charge in [0.1, 0.15) is 12.0 Å². The largest absolute Gasteiger partial charge is 0.449 e. The van der Waals surface area contributed by atoms with Crippen LogP contribution in [0.25, 0.3) is 0 Å². The molecule has 0 heterocycles. The van der Waals surface area contributed by atoms with E-state index in [1.165, 1.54) is 0 Å². The number of alkyl halides is 2. The van der Waals surface area contributed by atoms with E-state index in [0.29, 0.717) is 12.8 Å². The highest BCUT2D eigenvalue weighted by Crippen LogP contribution is 2.64. The molecule has 0 spiro atoms. The normalized spacial score (nSPS) is 34.3. The number of fused-ring (bicyclic) bond motifs is 2. The predicted molar refractivity (Wildman–Crippen MR) is 66.8 cm³/mol. The van der Waals surface area contributed by atoms with Crippen molar-refractivity contribution in [1.29, 1.82) is 0 Å². The third-order valence-corrected chi connectivity index (χ3v) is 5.62. The van der Waals surface area contributed by atoms with Crippen molar-refractivity contribution in [3.63, 3.8) is 0 Å². The first-order valence-electron chi connectivity index (χ1n) is 6.37. The predicted octanol–water partition coefficient (Wildman–Crippen LogP) is 2.59. The molecule has 21 heavy (non-hydrogen) atoms. The van der Waals surface area contributed by atoms with Crippen LogP contribution in [0.3, 0.4) is 0 Å². The van der Waals surface area contributed by atoms with Crippen LogP contribution in [0, 0.1) is 16.7 Å². The SMILES string of the molecule is CC12CCC(C(OC(=O)C(F)(F)SOOO)C1=O)C2(C)C. The van der Waals surface area contributed by atoms with E-state index >= 15 is 0 Å². The molecule has 2 aliphatic rings.